The van der Waals surface area contributed by atoms with Crippen LogP contribution < -0.4 is 10.6 Å². The lowest BCUT2D eigenvalue weighted by Crippen LogP contribution is -2.35. The number of anilines is 1. The smallest absolute Gasteiger partial charge is 0.313 e. The van der Waals surface area contributed by atoms with Crippen LogP contribution in [-0.2, 0) is 16.1 Å². The summed E-state index contributed by atoms with van der Waals surface area (Å²) in [6.07, 6.45) is 0. The van der Waals surface area contributed by atoms with Crippen molar-refractivity contribution in [3.05, 3.63) is 71.2 Å². The molecule has 0 saturated heterocycles. The topological polar surface area (TPSA) is 78.4 Å². The van der Waals surface area contributed by atoms with Gasteiger partial charge in [0, 0.05) is 28.0 Å². The van der Waals surface area contributed by atoms with E-state index >= 15 is 0 Å². The number of carbonyl (C=O) groups excluding carboxylic acids is 2. The van der Waals surface area contributed by atoms with Crippen LogP contribution in [0.4, 0.5) is 5.69 Å². The number of phenolic OH excluding ortho intramolecular Hbond substituents is 1. The van der Waals surface area contributed by atoms with Crippen LogP contribution in [0.1, 0.15) is 5.56 Å². The number of fused-ring (bicyclic) bond motifs is 1. The van der Waals surface area contributed by atoms with Gasteiger partial charge in [-0.1, -0.05) is 54.1 Å². The molecular formula is C19H15ClN2O3. The first-order valence-corrected chi connectivity index (χ1v) is 7.97. The lowest BCUT2D eigenvalue weighted by atomic mass is 10.1. The average Bonchev–Trinajstić information content (AvgIpc) is 2.61. The summed E-state index contributed by atoms with van der Waals surface area (Å²) < 4.78 is 0. The molecule has 0 saturated carbocycles. The quantitative estimate of drug-likeness (QED) is 0.630. The summed E-state index contributed by atoms with van der Waals surface area (Å²) in [5, 5.41) is 16.7. The summed E-state index contributed by atoms with van der Waals surface area (Å²) in [6, 6.07) is 17.2. The second-order valence-corrected chi connectivity index (χ2v) is 5.81. The largest absolute Gasteiger partial charge is 0.507 e. The van der Waals surface area contributed by atoms with Crippen LogP contribution in [0, 0.1) is 0 Å². The molecule has 0 bridgehead atoms. The molecule has 3 rings (SSSR count). The number of hydrogen-bond acceptors (Lipinski definition) is 3. The Morgan fingerprint density at radius 2 is 1.60 bits per heavy atom. The molecule has 0 radical (unpaired) electrons. The van der Waals surface area contributed by atoms with Gasteiger partial charge in [0.2, 0.25) is 0 Å². The van der Waals surface area contributed by atoms with E-state index in [4.69, 9.17) is 11.6 Å². The van der Waals surface area contributed by atoms with Crippen LogP contribution in [0.25, 0.3) is 10.8 Å². The highest BCUT2D eigenvalue weighted by atomic mass is 35.5. The Labute approximate surface area is 149 Å². The molecule has 126 valence electrons. The Morgan fingerprint density at radius 3 is 2.40 bits per heavy atom. The fourth-order valence-electron chi connectivity index (χ4n) is 2.48. The molecule has 0 aliphatic carbocycles. The zero-order chi connectivity index (χ0) is 17.8. The van der Waals surface area contributed by atoms with Gasteiger partial charge in [0.25, 0.3) is 0 Å². The number of halogens is 1. The molecule has 0 aromatic heterocycles. The maximum absolute atomic E-state index is 12.1. The fourth-order valence-corrected chi connectivity index (χ4v) is 2.68. The number of nitrogens with one attached hydrogen (secondary N) is 2. The van der Waals surface area contributed by atoms with E-state index in [9.17, 15) is 14.7 Å². The van der Waals surface area contributed by atoms with Gasteiger partial charge in [-0.05, 0) is 23.8 Å². The van der Waals surface area contributed by atoms with Gasteiger partial charge < -0.3 is 15.7 Å². The van der Waals surface area contributed by atoms with Gasteiger partial charge in [-0.3, -0.25) is 9.59 Å². The van der Waals surface area contributed by atoms with Crippen LogP contribution in [0.3, 0.4) is 0 Å². The minimum atomic E-state index is -0.789. The van der Waals surface area contributed by atoms with E-state index in [-0.39, 0.29) is 12.3 Å². The van der Waals surface area contributed by atoms with E-state index in [1.165, 1.54) is 0 Å². The van der Waals surface area contributed by atoms with Gasteiger partial charge in [-0.25, -0.2) is 0 Å². The molecule has 5 nitrogen and oxygen atoms in total. The predicted octanol–water partition coefficient (Wildman–Crippen LogP) is 3.45. The average molecular weight is 355 g/mol. The lowest BCUT2D eigenvalue weighted by Gasteiger charge is -2.10. The number of carbonyl (C=O) groups is 2. The highest BCUT2D eigenvalue weighted by Crippen LogP contribution is 2.29. The molecule has 0 atom stereocenters. The second-order valence-electron chi connectivity index (χ2n) is 5.41. The minimum Gasteiger partial charge on any atom is -0.507 e. The fraction of sp³-hybridized carbons (Fsp3) is 0.0526. The summed E-state index contributed by atoms with van der Waals surface area (Å²) in [5.41, 5.74) is 1.17. The van der Waals surface area contributed by atoms with Crippen LogP contribution in [0.5, 0.6) is 5.75 Å². The maximum atomic E-state index is 12.1. The number of aromatic hydroxyl groups is 1. The normalized spacial score (nSPS) is 10.4. The van der Waals surface area contributed by atoms with Crippen molar-refractivity contribution in [1.29, 1.82) is 0 Å². The molecule has 6 heteroatoms. The number of amides is 2. The third kappa shape index (κ3) is 3.72. The van der Waals surface area contributed by atoms with Crippen LogP contribution in [-0.4, -0.2) is 16.9 Å². The molecule has 0 fully saturated rings. The van der Waals surface area contributed by atoms with Crippen molar-refractivity contribution < 1.29 is 14.7 Å². The standard InChI is InChI=1S/C19H15ClN2O3/c20-15-8-2-1-5-12(15)11-21-18(24)19(25)22-16-9-3-7-14-13(16)6-4-10-17(14)23/h1-10,23H,11H2,(H,21,24)(H,22,25). The SMILES string of the molecule is O=C(NCc1ccccc1Cl)C(=O)Nc1cccc2c(O)cccc12. The number of benzene rings is 3. The van der Waals surface area contributed by atoms with E-state index < -0.39 is 11.8 Å². The van der Waals surface area contributed by atoms with Crippen molar-refractivity contribution in [3.63, 3.8) is 0 Å². The predicted molar refractivity (Wildman–Crippen MR) is 97.5 cm³/mol. The molecular weight excluding hydrogens is 340 g/mol. The van der Waals surface area contributed by atoms with E-state index in [0.717, 1.165) is 5.56 Å². The van der Waals surface area contributed by atoms with Gasteiger partial charge in [-0.15, -0.1) is 0 Å². The van der Waals surface area contributed by atoms with Gasteiger partial charge in [0.1, 0.15) is 5.75 Å². The zero-order valence-corrected chi connectivity index (χ0v) is 13.9. The molecule has 2 amide bonds. The van der Waals surface area contributed by atoms with Crippen molar-refractivity contribution in [2.24, 2.45) is 0 Å². The second kappa shape index (κ2) is 7.23. The molecule has 0 spiro atoms. The first-order chi connectivity index (χ1) is 12.1. The summed E-state index contributed by atoms with van der Waals surface area (Å²) in [5.74, 6) is -1.45. The third-order valence-electron chi connectivity index (χ3n) is 3.75. The van der Waals surface area contributed by atoms with Gasteiger partial charge >= 0.3 is 11.8 Å². The molecule has 0 heterocycles. The van der Waals surface area contributed by atoms with Crippen molar-refractivity contribution in [2.45, 2.75) is 6.54 Å². The zero-order valence-electron chi connectivity index (χ0n) is 13.1. The van der Waals surface area contributed by atoms with E-state index in [2.05, 4.69) is 10.6 Å². The summed E-state index contributed by atoms with van der Waals surface area (Å²) in [4.78, 5) is 24.1. The Morgan fingerprint density at radius 1 is 0.880 bits per heavy atom. The van der Waals surface area contributed by atoms with Crippen LogP contribution in [0.2, 0.25) is 5.02 Å². The Bertz CT molecular complexity index is 956. The van der Waals surface area contributed by atoms with Crippen molar-refractivity contribution in [2.75, 3.05) is 5.32 Å². The number of phenols is 1. The Balaban J connectivity index is 1.71. The van der Waals surface area contributed by atoms with E-state index in [1.807, 2.05) is 0 Å². The number of hydrogen-bond donors (Lipinski definition) is 3. The molecule has 3 N–H and O–H groups in total. The van der Waals surface area contributed by atoms with Crippen molar-refractivity contribution in [1.82, 2.24) is 5.32 Å². The monoisotopic (exact) mass is 354 g/mol. The molecule has 0 aliphatic rings. The van der Waals surface area contributed by atoms with Gasteiger partial charge in [0.05, 0.1) is 0 Å². The lowest BCUT2D eigenvalue weighted by molar-refractivity contribution is -0.136. The van der Waals surface area contributed by atoms with E-state index in [0.29, 0.717) is 21.5 Å². The van der Waals surface area contributed by atoms with Gasteiger partial charge in [0.15, 0.2) is 0 Å². The first-order valence-electron chi connectivity index (χ1n) is 7.59. The molecule has 25 heavy (non-hydrogen) atoms. The van der Waals surface area contributed by atoms with Gasteiger partial charge in [-0.2, -0.15) is 0 Å². The molecule has 3 aromatic carbocycles. The van der Waals surface area contributed by atoms with E-state index in [1.54, 1.807) is 60.7 Å². The highest BCUT2D eigenvalue weighted by molar-refractivity contribution is 6.40. The number of rotatable bonds is 3. The minimum absolute atomic E-state index is 0.108. The first kappa shape index (κ1) is 16.8. The maximum Gasteiger partial charge on any atom is 0.313 e. The Kier molecular flexibility index (Phi) is 4.86. The van der Waals surface area contributed by atoms with Crippen molar-refractivity contribution in [3.8, 4) is 5.75 Å². The summed E-state index contributed by atoms with van der Waals surface area (Å²) >= 11 is 6.02. The van der Waals surface area contributed by atoms with Crippen LogP contribution >= 0.6 is 11.6 Å². The molecule has 0 aliphatic heterocycles. The summed E-state index contributed by atoms with van der Waals surface area (Å²) in [6.45, 7) is 0.155. The van der Waals surface area contributed by atoms with Crippen molar-refractivity contribution >= 4 is 39.9 Å². The molecule has 3 aromatic rings. The van der Waals surface area contributed by atoms with Crippen LogP contribution in [0.15, 0.2) is 60.7 Å². The third-order valence-corrected chi connectivity index (χ3v) is 4.12. The summed E-state index contributed by atoms with van der Waals surface area (Å²) in [7, 11) is 0. The molecule has 0 unspecified atom stereocenters. The highest BCUT2D eigenvalue weighted by Gasteiger charge is 2.15. The Hall–Kier alpha value is -3.05.